The van der Waals surface area contributed by atoms with E-state index < -0.39 is 12.0 Å². The number of aliphatic hydroxyl groups excluding tert-OH is 1. The molecule has 0 bridgehead atoms. The van der Waals surface area contributed by atoms with Crippen molar-refractivity contribution in [3.8, 4) is 0 Å². The van der Waals surface area contributed by atoms with E-state index in [-0.39, 0.29) is 12.0 Å². The number of rotatable bonds is 6. The number of hydrogen-bond acceptors (Lipinski definition) is 4. The normalized spacial score (nSPS) is 15.6. The van der Waals surface area contributed by atoms with Gasteiger partial charge in [-0.2, -0.15) is 11.8 Å². The number of halogens is 1. The van der Waals surface area contributed by atoms with E-state index in [0.29, 0.717) is 11.5 Å². The van der Waals surface area contributed by atoms with Crippen molar-refractivity contribution in [2.75, 3.05) is 18.1 Å². The fourth-order valence-corrected chi connectivity index (χ4v) is 1.61. The van der Waals surface area contributed by atoms with Crippen LogP contribution in [0, 0.1) is 0 Å². The van der Waals surface area contributed by atoms with Crippen LogP contribution in [0.25, 0.3) is 0 Å². The maximum absolute atomic E-state index is 10.2. The Bertz CT molecular complexity index is 147. The van der Waals surface area contributed by atoms with Crippen molar-refractivity contribution in [3.05, 3.63) is 0 Å². The van der Waals surface area contributed by atoms with Crippen molar-refractivity contribution < 1.29 is 15.0 Å². The van der Waals surface area contributed by atoms with Crippen LogP contribution in [-0.2, 0) is 4.79 Å². The molecule has 72 valence electrons. The van der Waals surface area contributed by atoms with E-state index in [1.54, 1.807) is 0 Å². The summed E-state index contributed by atoms with van der Waals surface area (Å²) in [4.78, 5) is 10.2. The molecule has 0 spiro atoms. The number of hydrogen-bond donors (Lipinski definition) is 3. The first-order valence-corrected chi connectivity index (χ1v) is 4.98. The molecule has 0 aromatic heterocycles. The van der Waals surface area contributed by atoms with Crippen molar-refractivity contribution in [3.63, 3.8) is 0 Å². The van der Waals surface area contributed by atoms with Gasteiger partial charge in [-0.3, -0.25) is 4.79 Å². The van der Waals surface area contributed by atoms with E-state index in [2.05, 4.69) is 0 Å². The fourth-order valence-electron chi connectivity index (χ4n) is 0.447. The molecule has 0 aliphatic heterocycles. The standard InChI is InChI=1S/C6H12ClNO3S/c7-4(1-9)2-12-3-5(8)6(10)11/h4-5,9H,1-3,8H2,(H,10,11)/t4?,5-/m0/s1. The number of aliphatic hydroxyl groups is 1. The molecule has 0 aromatic carbocycles. The molecule has 2 atom stereocenters. The monoisotopic (exact) mass is 213 g/mol. The Kier molecular flexibility index (Phi) is 6.55. The molecule has 0 heterocycles. The summed E-state index contributed by atoms with van der Waals surface area (Å²) < 4.78 is 0. The average Bonchev–Trinajstić information content (AvgIpc) is 2.03. The second-order valence-electron chi connectivity index (χ2n) is 2.26. The molecule has 0 saturated heterocycles. The molecule has 0 radical (unpaired) electrons. The smallest absolute Gasteiger partial charge is 0.321 e. The first kappa shape index (κ1) is 12.0. The van der Waals surface area contributed by atoms with Crippen molar-refractivity contribution >= 4 is 29.3 Å². The lowest BCUT2D eigenvalue weighted by Crippen LogP contribution is -2.32. The number of carbonyl (C=O) groups is 1. The zero-order valence-electron chi connectivity index (χ0n) is 6.44. The van der Waals surface area contributed by atoms with Crippen LogP contribution in [0.15, 0.2) is 0 Å². The van der Waals surface area contributed by atoms with Crippen molar-refractivity contribution in [2.24, 2.45) is 5.73 Å². The lowest BCUT2D eigenvalue weighted by Gasteiger charge is -2.07. The van der Waals surface area contributed by atoms with E-state index >= 15 is 0 Å². The van der Waals surface area contributed by atoms with E-state index in [4.69, 9.17) is 27.5 Å². The van der Waals surface area contributed by atoms with Crippen LogP contribution in [-0.4, -0.2) is 45.7 Å². The molecule has 0 aromatic rings. The predicted molar refractivity (Wildman–Crippen MR) is 49.7 cm³/mol. The number of carboxylic acids is 1. The lowest BCUT2D eigenvalue weighted by atomic mass is 10.4. The number of aliphatic carboxylic acids is 1. The van der Waals surface area contributed by atoms with Gasteiger partial charge in [0.05, 0.1) is 12.0 Å². The largest absolute Gasteiger partial charge is 0.480 e. The summed E-state index contributed by atoms with van der Waals surface area (Å²) in [5.41, 5.74) is 5.22. The summed E-state index contributed by atoms with van der Waals surface area (Å²) in [5.74, 6) is -0.185. The van der Waals surface area contributed by atoms with Gasteiger partial charge in [-0.1, -0.05) is 0 Å². The Hall–Kier alpha value is 0.0300. The van der Waals surface area contributed by atoms with Crippen LogP contribution in [0.1, 0.15) is 0 Å². The highest BCUT2D eigenvalue weighted by Crippen LogP contribution is 2.08. The highest BCUT2D eigenvalue weighted by Gasteiger charge is 2.11. The third kappa shape index (κ3) is 5.65. The minimum absolute atomic E-state index is 0.100. The van der Waals surface area contributed by atoms with E-state index in [1.807, 2.05) is 0 Å². The van der Waals surface area contributed by atoms with Crippen LogP contribution < -0.4 is 5.73 Å². The zero-order valence-corrected chi connectivity index (χ0v) is 8.01. The number of thioether (sulfide) groups is 1. The SMILES string of the molecule is N[C@@H](CSCC(Cl)CO)C(=O)O. The van der Waals surface area contributed by atoms with Gasteiger partial charge in [-0.25, -0.2) is 0 Å². The van der Waals surface area contributed by atoms with Gasteiger partial charge in [0.1, 0.15) is 6.04 Å². The molecule has 1 unspecified atom stereocenters. The molecule has 4 N–H and O–H groups in total. The van der Waals surface area contributed by atoms with Crippen LogP contribution in [0.2, 0.25) is 0 Å². The second-order valence-corrected chi connectivity index (χ2v) is 3.95. The zero-order chi connectivity index (χ0) is 9.56. The van der Waals surface area contributed by atoms with E-state index in [0.717, 1.165) is 0 Å². The van der Waals surface area contributed by atoms with Crippen molar-refractivity contribution in [1.82, 2.24) is 0 Å². The Balaban J connectivity index is 3.37. The summed E-state index contributed by atoms with van der Waals surface area (Å²) >= 11 is 6.89. The molecule has 6 heteroatoms. The van der Waals surface area contributed by atoms with Gasteiger partial charge in [-0.05, 0) is 0 Å². The minimum Gasteiger partial charge on any atom is -0.480 e. The van der Waals surface area contributed by atoms with Gasteiger partial charge in [0.2, 0.25) is 0 Å². The van der Waals surface area contributed by atoms with Gasteiger partial charge in [0.15, 0.2) is 0 Å². The van der Waals surface area contributed by atoms with Crippen LogP contribution >= 0.6 is 23.4 Å². The molecule has 0 fully saturated rings. The summed E-state index contributed by atoms with van der Waals surface area (Å²) in [6, 6.07) is -0.849. The van der Waals surface area contributed by atoms with E-state index in [1.165, 1.54) is 11.8 Å². The quantitative estimate of drug-likeness (QED) is 0.529. The third-order valence-electron chi connectivity index (χ3n) is 1.11. The van der Waals surface area contributed by atoms with Crippen LogP contribution in [0.5, 0.6) is 0 Å². The molecular weight excluding hydrogens is 202 g/mol. The van der Waals surface area contributed by atoms with Gasteiger partial charge >= 0.3 is 5.97 Å². The van der Waals surface area contributed by atoms with Crippen LogP contribution in [0.4, 0.5) is 0 Å². The predicted octanol–water partition coefficient (Wildman–Crippen LogP) is -0.269. The number of nitrogens with two attached hydrogens (primary N) is 1. The molecule has 0 saturated carbocycles. The number of carboxylic acid groups (broad SMARTS) is 1. The topological polar surface area (TPSA) is 83.5 Å². The Morgan fingerprint density at radius 3 is 2.58 bits per heavy atom. The third-order valence-corrected chi connectivity index (χ3v) is 2.82. The molecular formula is C6H12ClNO3S. The van der Waals surface area contributed by atoms with Crippen LogP contribution in [0.3, 0.4) is 0 Å². The lowest BCUT2D eigenvalue weighted by molar-refractivity contribution is -0.137. The Labute approximate surface area is 80.1 Å². The molecule has 0 aliphatic rings. The minimum atomic E-state index is -1.02. The maximum atomic E-state index is 10.2. The molecule has 0 aliphatic carbocycles. The van der Waals surface area contributed by atoms with Gasteiger partial charge in [-0.15, -0.1) is 11.6 Å². The molecule has 0 rings (SSSR count). The number of alkyl halides is 1. The van der Waals surface area contributed by atoms with Crippen molar-refractivity contribution in [1.29, 1.82) is 0 Å². The van der Waals surface area contributed by atoms with Gasteiger partial charge < -0.3 is 15.9 Å². The van der Waals surface area contributed by atoms with E-state index in [9.17, 15) is 4.79 Å². The first-order valence-electron chi connectivity index (χ1n) is 3.39. The summed E-state index contributed by atoms with van der Waals surface area (Å²) in [6.45, 7) is -0.100. The molecule has 12 heavy (non-hydrogen) atoms. The maximum Gasteiger partial charge on any atom is 0.321 e. The highest BCUT2D eigenvalue weighted by molar-refractivity contribution is 7.99. The molecule has 0 amide bonds. The molecule has 4 nitrogen and oxygen atoms in total. The average molecular weight is 214 g/mol. The highest BCUT2D eigenvalue weighted by atomic mass is 35.5. The summed E-state index contributed by atoms with van der Waals surface area (Å²) in [7, 11) is 0. The fraction of sp³-hybridized carbons (Fsp3) is 0.833. The Morgan fingerprint density at radius 2 is 2.17 bits per heavy atom. The summed E-state index contributed by atoms with van der Waals surface area (Å²) in [5, 5.41) is 16.6. The Morgan fingerprint density at radius 1 is 1.58 bits per heavy atom. The second kappa shape index (κ2) is 6.54. The van der Waals surface area contributed by atoms with Gasteiger partial charge in [0, 0.05) is 11.5 Å². The van der Waals surface area contributed by atoms with Gasteiger partial charge in [0.25, 0.3) is 0 Å². The summed E-state index contributed by atoms with van der Waals surface area (Å²) in [6.07, 6.45) is 0. The van der Waals surface area contributed by atoms with Crippen molar-refractivity contribution in [2.45, 2.75) is 11.4 Å². The first-order chi connectivity index (χ1) is 5.57.